The summed E-state index contributed by atoms with van der Waals surface area (Å²) in [4.78, 5) is 2.52. The number of hydrogen-bond donors (Lipinski definition) is 0. The number of halogens is 2. The molecular formula is C18H28Cl2NOSi. The fourth-order valence-electron chi connectivity index (χ4n) is 3.11. The number of morpholine rings is 1. The summed E-state index contributed by atoms with van der Waals surface area (Å²) in [5.74, 6) is 0. The first-order valence-electron chi connectivity index (χ1n) is 8.75. The molecule has 1 heterocycles. The van der Waals surface area contributed by atoms with Crippen LogP contribution in [0.15, 0.2) is 18.2 Å². The van der Waals surface area contributed by atoms with Gasteiger partial charge in [0.15, 0.2) is 8.11 Å². The van der Waals surface area contributed by atoms with Crippen molar-refractivity contribution in [2.24, 2.45) is 0 Å². The molecule has 0 spiro atoms. The van der Waals surface area contributed by atoms with Crippen molar-refractivity contribution in [1.82, 2.24) is 4.90 Å². The third-order valence-corrected chi connectivity index (χ3v) is 6.54. The van der Waals surface area contributed by atoms with Crippen LogP contribution in [0, 0.1) is 0 Å². The molecule has 23 heavy (non-hydrogen) atoms. The molecule has 0 bridgehead atoms. The molecule has 1 aliphatic rings. The van der Waals surface area contributed by atoms with Crippen molar-refractivity contribution in [2.45, 2.75) is 45.1 Å². The van der Waals surface area contributed by atoms with Gasteiger partial charge in [-0.15, -0.1) is 0 Å². The number of unbranched alkanes of at least 4 members (excludes halogenated alkanes) is 4. The minimum absolute atomic E-state index is 0.828. The molecule has 1 aromatic carbocycles. The van der Waals surface area contributed by atoms with Crippen LogP contribution in [0.4, 0.5) is 0 Å². The molecule has 1 saturated heterocycles. The number of aryl methyl sites for hydroxylation is 1. The van der Waals surface area contributed by atoms with E-state index < -0.39 is 8.11 Å². The van der Waals surface area contributed by atoms with Crippen molar-refractivity contribution in [1.29, 1.82) is 0 Å². The first-order chi connectivity index (χ1) is 11.2. The summed E-state index contributed by atoms with van der Waals surface area (Å²) < 4.78 is 5.38. The first kappa shape index (κ1) is 19.3. The second kappa shape index (κ2) is 10.7. The van der Waals surface area contributed by atoms with Crippen molar-refractivity contribution < 1.29 is 4.74 Å². The Balaban J connectivity index is 1.59. The number of rotatable bonds is 9. The summed E-state index contributed by atoms with van der Waals surface area (Å²) in [7, 11) is -0.923. The fourth-order valence-corrected chi connectivity index (χ4v) is 4.81. The standard InChI is InChI=1S/C18H28Cl2NOSi/c1-23(20)18-9-8-17(19)15-16(18)7-5-3-2-4-6-10-21-11-13-22-14-12-21/h8-9,15H,2-7,10-14H2,1H3. The van der Waals surface area contributed by atoms with Gasteiger partial charge in [-0.25, -0.2) is 0 Å². The Bertz CT molecular complexity index is 464. The van der Waals surface area contributed by atoms with Gasteiger partial charge >= 0.3 is 0 Å². The quantitative estimate of drug-likeness (QED) is 0.365. The van der Waals surface area contributed by atoms with Crippen LogP contribution in [0.3, 0.4) is 0 Å². The molecule has 1 aromatic rings. The third-order valence-electron chi connectivity index (χ3n) is 4.46. The lowest BCUT2D eigenvalue weighted by Gasteiger charge is -2.26. The maximum absolute atomic E-state index is 6.36. The summed E-state index contributed by atoms with van der Waals surface area (Å²) in [5, 5.41) is 2.16. The SMILES string of the molecule is C[Si](Cl)c1ccc(Cl)cc1CCCCCCCN1CCOCC1. The van der Waals surface area contributed by atoms with E-state index in [4.69, 9.17) is 27.4 Å². The van der Waals surface area contributed by atoms with Crippen molar-refractivity contribution in [2.75, 3.05) is 32.8 Å². The van der Waals surface area contributed by atoms with Crippen LogP contribution in [0.1, 0.15) is 37.7 Å². The van der Waals surface area contributed by atoms with Gasteiger partial charge in [-0.1, -0.05) is 43.5 Å². The monoisotopic (exact) mass is 372 g/mol. The van der Waals surface area contributed by atoms with Crippen LogP contribution >= 0.6 is 22.7 Å². The number of benzene rings is 1. The molecule has 1 aliphatic heterocycles. The molecule has 0 atom stereocenters. The molecular weight excluding hydrogens is 345 g/mol. The van der Waals surface area contributed by atoms with E-state index in [-0.39, 0.29) is 0 Å². The van der Waals surface area contributed by atoms with E-state index in [9.17, 15) is 0 Å². The molecule has 2 nitrogen and oxygen atoms in total. The minimum Gasteiger partial charge on any atom is -0.379 e. The average Bonchev–Trinajstić information content (AvgIpc) is 2.54. The van der Waals surface area contributed by atoms with Gasteiger partial charge in [-0.05, 0) is 48.7 Å². The van der Waals surface area contributed by atoms with Crippen molar-refractivity contribution in [3.05, 3.63) is 28.8 Å². The van der Waals surface area contributed by atoms with E-state index in [0.29, 0.717) is 0 Å². The van der Waals surface area contributed by atoms with Crippen LogP contribution < -0.4 is 5.19 Å². The summed E-state index contributed by atoms with van der Waals surface area (Å²) in [6.07, 6.45) is 7.60. The third kappa shape index (κ3) is 7.14. The van der Waals surface area contributed by atoms with Crippen LogP contribution in [-0.4, -0.2) is 45.9 Å². The highest BCUT2D eigenvalue weighted by atomic mass is 35.6. The second-order valence-electron chi connectivity index (χ2n) is 6.31. The van der Waals surface area contributed by atoms with E-state index in [2.05, 4.69) is 23.6 Å². The van der Waals surface area contributed by atoms with E-state index in [1.54, 1.807) is 0 Å². The molecule has 0 saturated carbocycles. The molecule has 1 fully saturated rings. The zero-order valence-electron chi connectivity index (χ0n) is 14.1. The molecule has 129 valence electrons. The zero-order chi connectivity index (χ0) is 16.5. The Labute approximate surface area is 152 Å². The van der Waals surface area contributed by atoms with Crippen molar-refractivity contribution >= 4 is 36.0 Å². The van der Waals surface area contributed by atoms with Crippen LogP contribution in [0.25, 0.3) is 0 Å². The molecule has 5 heteroatoms. The molecule has 0 aromatic heterocycles. The van der Waals surface area contributed by atoms with Gasteiger partial charge in [-0.3, -0.25) is 4.90 Å². The normalized spacial score (nSPS) is 16.2. The van der Waals surface area contributed by atoms with Crippen LogP contribution in [0.5, 0.6) is 0 Å². The minimum atomic E-state index is -0.923. The van der Waals surface area contributed by atoms with E-state index in [1.165, 1.54) is 49.4 Å². The maximum atomic E-state index is 6.36. The number of nitrogens with zero attached hydrogens (tertiary/aromatic N) is 1. The molecule has 0 aliphatic carbocycles. The predicted octanol–water partition coefficient (Wildman–Crippen LogP) is 4.23. The lowest BCUT2D eigenvalue weighted by Crippen LogP contribution is -2.36. The van der Waals surface area contributed by atoms with Crippen LogP contribution in [-0.2, 0) is 11.2 Å². The first-order valence-corrected chi connectivity index (χ1v) is 12.1. The zero-order valence-corrected chi connectivity index (χ0v) is 16.6. The Morgan fingerprint density at radius 2 is 1.78 bits per heavy atom. The van der Waals surface area contributed by atoms with E-state index in [0.717, 1.165) is 37.7 Å². The summed E-state index contributed by atoms with van der Waals surface area (Å²) in [5.41, 5.74) is 1.36. The average molecular weight is 373 g/mol. The summed E-state index contributed by atoms with van der Waals surface area (Å²) in [6, 6.07) is 6.18. The van der Waals surface area contributed by atoms with Gasteiger partial charge in [0.05, 0.1) is 13.2 Å². The summed E-state index contributed by atoms with van der Waals surface area (Å²) >= 11 is 12.5. The van der Waals surface area contributed by atoms with Crippen molar-refractivity contribution in [3.8, 4) is 0 Å². The van der Waals surface area contributed by atoms with Gasteiger partial charge < -0.3 is 4.74 Å². The van der Waals surface area contributed by atoms with Gasteiger partial charge in [-0.2, -0.15) is 11.1 Å². The van der Waals surface area contributed by atoms with Gasteiger partial charge in [0.2, 0.25) is 0 Å². The second-order valence-corrected chi connectivity index (χ2v) is 10.0. The van der Waals surface area contributed by atoms with Gasteiger partial charge in [0, 0.05) is 18.1 Å². The number of ether oxygens (including phenoxy) is 1. The molecule has 0 amide bonds. The Morgan fingerprint density at radius 1 is 1.09 bits per heavy atom. The lowest BCUT2D eigenvalue weighted by atomic mass is 10.1. The van der Waals surface area contributed by atoms with Crippen LogP contribution in [0.2, 0.25) is 11.6 Å². The topological polar surface area (TPSA) is 12.5 Å². The molecule has 0 unspecified atom stereocenters. The van der Waals surface area contributed by atoms with E-state index >= 15 is 0 Å². The lowest BCUT2D eigenvalue weighted by molar-refractivity contribution is 0.0371. The molecule has 0 N–H and O–H groups in total. The smallest absolute Gasteiger partial charge is 0.196 e. The highest BCUT2D eigenvalue weighted by molar-refractivity contribution is 7.13. The Morgan fingerprint density at radius 3 is 2.52 bits per heavy atom. The molecule has 1 radical (unpaired) electrons. The Hall–Kier alpha value is -0.0631. The maximum Gasteiger partial charge on any atom is 0.196 e. The van der Waals surface area contributed by atoms with Gasteiger partial charge in [0.1, 0.15) is 0 Å². The largest absolute Gasteiger partial charge is 0.379 e. The Kier molecular flexibility index (Phi) is 8.99. The van der Waals surface area contributed by atoms with Crippen molar-refractivity contribution in [3.63, 3.8) is 0 Å². The fraction of sp³-hybridized carbons (Fsp3) is 0.667. The van der Waals surface area contributed by atoms with E-state index in [1.807, 2.05) is 6.07 Å². The van der Waals surface area contributed by atoms with Gasteiger partial charge in [0.25, 0.3) is 0 Å². The highest BCUT2D eigenvalue weighted by Gasteiger charge is 2.11. The predicted molar refractivity (Wildman–Crippen MR) is 103 cm³/mol. The highest BCUT2D eigenvalue weighted by Crippen LogP contribution is 2.15. The molecule has 2 rings (SSSR count). The number of hydrogen-bond acceptors (Lipinski definition) is 2. The summed E-state index contributed by atoms with van der Waals surface area (Å²) in [6.45, 7) is 7.39.